The Morgan fingerprint density at radius 3 is 1.76 bits per heavy atom. The fourth-order valence-corrected chi connectivity index (χ4v) is 3.46. The maximum Gasteiger partial charge on any atom is 0.164 e. The lowest BCUT2D eigenvalue weighted by atomic mass is 9.94. The molecule has 0 unspecified atom stereocenters. The lowest BCUT2D eigenvalue weighted by molar-refractivity contribution is 1.07. The second kappa shape index (κ2) is 7.32. The molecule has 0 saturated carbocycles. The lowest BCUT2D eigenvalue weighted by Gasteiger charge is -2.09. The van der Waals surface area contributed by atoms with Crippen molar-refractivity contribution < 1.29 is 0 Å². The van der Waals surface area contributed by atoms with Crippen LogP contribution in [0.5, 0.6) is 0 Å². The van der Waals surface area contributed by atoms with E-state index in [-0.39, 0.29) is 0 Å². The first kappa shape index (κ1) is 17.3. The summed E-state index contributed by atoms with van der Waals surface area (Å²) in [4.78, 5) is 14.4. The van der Waals surface area contributed by atoms with Gasteiger partial charge in [0.05, 0.1) is 0 Å². The van der Waals surface area contributed by atoms with Gasteiger partial charge in [-0.15, -0.1) is 0 Å². The van der Waals surface area contributed by atoms with E-state index in [1.165, 1.54) is 16.2 Å². The van der Waals surface area contributed by atoms with Gasteiger partial charge in [0, 0.05) is 16.7 Å². The number of hydrogen-bond acceptors (Lipinski definition) is 3. The highest BCUT2D eigenvalue weighted by Gasteiger charge is 2.12. The zero-order chi connectivity index (χ0) is 19.6. The number of aromatic nitrogens is 3. The Kier molecular flexibility index (Phi) is 4.37. The highest BCUT2D eigenvalue weighted by Crippen LogP contribution is 2.26. The van der Waals surface area contributed by atoms with Crippen molar-refractivity contribution in [1.29, 1.82) is 0 Å². The SMILES string of the molecule is Bc1cccc(-c2nc(-c3ccccc3)nc(-c3ccc4ccccc4c3)n2)c1. The minimum atomic E-state index is 0.681. The van der Waals surface area contributed by atoms with Gasteiger partial charge in [-0.05, 0) is 16.8 Å². The summed E-state index contributed by atoms with van der Waals surface area (Å²) in [6.45, 7) is 0. The van der Waals surface area contributed by atoms with Gasteiger partial charge in [-0.3, -0.25) is 0 Å². The molecule has 0 bridgehead atoms. The molecule has 0 amide bonds. The van der Waals surface area contributed by atoms with Crippen LogP contribution in [-0.4, -0.2) is 22.8 Å². The van der Waals surface area contributed by atoms with Gasteiger partial charge in [0.15, 0.2) is 17.5 Å². The molecule has 0 fully saturated rings. The molecule has 1 heterocycles. The van der Waals surface area contributed by atoms with E-state index in [9.17, 15) is 0 Å². The molecule has 29 heavy (non-hydrogen) atoms. The molecule has 136 valence electrons. The highest BCUT2D eigenvalue weighted by molar-refractivity contribution is 6.32. The van der Waals surface area contributed by atoms with Gasteiger partial charge < -0.3 is 0 Å². The molecule has 0 aliphatic rings. The number of rotatable bonds is 3. The first-order chi connectivity index (χ1) is 14.3. The van der Waals surface area contributed by atoms with Crippen LogP contribution < -0.4 is 5.46 Å². The number of benzene rings is 4. The van der Waals surface area contributed by atoms with Crippen molar-refractivity contribution in [2.24, 2.45) is 0 Å². The van der Waals surface area contributed by atoms with E-state index < -0.39 is 0 Å². The summed E-state index contributed by atoms with van der Waals surface area (Å²) in [5.74, 6) is 2.05. The molecule has 0 atom stereocenters. The number of nitrogens with zero attached hydrogens (tertiary/aromatic N) is 3. The standard InChI is InChI=1S/C25H18BN3/c26-22-12-6-11-20(16-22)24-27-23(18-8-2-1-3-9-18)28-25(29-24)21-14-13-17-7-4-5-10-19(17)15-21/h1-16H,26H2. The molecule has 5 aromatic rings. The van der Waals surface area contributed by atoms with Crippen LogP contribution in [-0.2, 0) is 0 Å². The van der Waals surface area contributed by atoms with Crippen LogP contribution >= 0.6 is 0 Å². The van der Waals surface area contributed by atoms with E-state index >= 15 is 0 Å². The predicted octanol–water partition coefficient (Wildman–Crippen LogP) is 4.28. The van der Waals surface area contributed by atoms with Gasteiger partial charge in [0.1, 0.15) is 7.85 Å². The molecule has 0 N–H and O–H groups in total. The average Bonchev–Trinajstić information content (AvgIpc) is 2.79. The van der Waals surface area contributed by atoms with Gasteiger partial charge in [-0.25, -0.2) is 15.0 Å². The van der Waals surface area contributed by atoms with Crippen LogP contribution in [0.25, 0.3) is 44.9 Å². The van der Waals surface area contributed by atoms with Gasteiger partial charge in [-0.2, -0.15) is 0 Å². The zero-order valence-electron chi connectivity index (χ0n) is 16.1. The molecule has 1 aromatic heterocycles. The molecule has 4 heteroatoms. The Morgan fingerprint density at radius 1 is 0.448 bits per heavy atom. The Hall–Kier alpha value is -3.79. The van der Waals surface area contributed by atoms with Crippen LogP contribution in [0.2, 0.25) is 0 Å². The van der Waals surface area contributed by atoms with Crippen molar-refractivity contribution in [2.45, 2.75) is 0 Å². The topological polar surface area (TPSA) is 38.7 Å². The Balaban J connectivity index is 1.72. The summed E-state index contributed by atoms with van der Waals surface area (Å²) in [6.07, 6.45) is 0. The molecular weight excluding hydrogens is 353 g/mol. The Labute approximate surface area is 170 Å². The highest BCUT2D eigenvalue weighted by atomic mass is 15.0. The van der Waals surface area contributed by atoms with Gasteiger partial charge in [0.2, 0.25) is 0 Å². The third-order valence-electron chi connectivity index (χ3n) is 4.95. The molecular formula is C25H18BN3. The smallest absolute Gasteiger partial charge is 0.164 e. The minimum absolute atomic E-state index is 0.681. The maximum absolute atomic E-state index is 4.83. The third-order valence-corrected chi connectivity index (χ3v) is 4.95. The molecule has 3 nitrogen and oxygen atoms in total. The average molecular weight is 371 g/mol. The van der Waals surface area contributed by atoms with E-state index in [1.807, 2.05) is 54.6 Å². The van der Waals surface area contributed by atoms with E-state index in [4.69, 9.17) is 15.0 Å². The molecule has 0 spiro atoms. The first-order valence-electron chi connectivity index (χ1n) is 9.64. The quantitative estimate of drug-likeness (QED) is 0.444. The normalized spacial score (nSPS) is 10.9. The molecule has 0 radical (unpaired) electrons. The minimum Gasteiger partial charge on any atom is -0.208 e. The van der Waals surface area contributed by atoms with Crippen LogP contribution in [0.1, 0.15) is 0 Å². The number of fused-ring (bicyclic) bond motifs is 1. The maximum atomic E-state index is 4.83. The van der Waals surface area contributed by atoms with Crippen LogP contribution in [0.4, 0.5) is 0 Å². The monoisotopic (exact) mass is 371 g/mol. The van der Waals surface area contributed by atoms with E-state index in [1.54, 1.807) is 0 Å². The first-order valence-corrected chi connectivity index (χ1v) is 9.64. The third kappa shape index (κ3) is 3.53. The molecule has 0 aliphatic carbocycles. The van der Waals surface area contributed by atoms with Gasteiger partial charge in [0.25, 0.3) is 0 Å². The summed E-state index contributed by atoms with van der Waals surface area (Å²) >= 11 is 0. The van der Waals surface area contributed by atoms with Crippen molar-refractivity contribution >= 4 is 24.1 Å². The summed E-state index contributed by atoms with van der Waals surface area (Å²) < 4.78 is 0. The van der Waals surface area contributed by atoms with Crippen LogP contribution in [0.15, 0.2) is 97.1 Å². The zero-order valence-corrected chi connectivity index (χ0v) is 16.1. The molecule has 5 rings (SSSR count). The lowest BCUT2D eigenvalue weighted by Crippen LogP contribution is -2.04. The molecule has 0 saturated heterocycles. The predicted molar refractivity (Wildman–Crippen MR) is 122 cm³/mol. The van der Waals surface area contributed by atoms with E-state index in [0.29, 0.717) is 17.5 Å². The Morgan fingerprint density at radius 2 is 1.03 bits per heavy atom. The fraction of sp³-hybridized carbons (Fsp3) is 0. The molecule has 0 aliphatic heterocycles. The van der Waals surface area contributed by atoms with Gasteiger partial charge >= 0.3 is 0 Å². The second-order valence-corrected chi connectivity index (χ2v) is 7.10. The van der Waals surface area contributed by atoms with Crippen molar-refractivity contribution in [1.82, 2.24) is 15.0 Å². The summed E-state index contributed by atoms with van der Waals surface area (Å²) in [5, 5.41) is 2.37. The van der Waals surface area contributed by atoms with Crippen molar-refractivity contribution in [3.8, 4) is 34.2 Å². The van der Waals surface area contributed by atoms with Crippen LogP contribution in [0.3, 0.4) is 0 Å². The van der Waals surface area contributed by atoms with Crippen molar-refractivity contribution in [3.05, 3.63) is 97.1 Å². The van der Waals surface area contributed by atoms with Gasteiger partial charge in [-0.1, -0.05) is 96.5 Å². The molecule has 4 aromatic carbocycles. The van der Waals surface area contributed by atoms with Crippen molar-refractivity contribution in [2.75, 3.05) is 0 Å². The van der Waals surface area contributed by atoms with Crippen LogP contribution in [0, 0.1) is 0 Å². The largest absolute Gasteiger partial charge is 0.208 e. The van der Waals surface area contributed by atoms with E-state index in [2.05, 4.69) is 50.3 Å². The Bertz CT molecular complexity index is 1320. The fourth-order valence-electron chi connectivity index (χ4n) is 3.46. The summed E-state index contributed by atoms with van der Waals surface area (Å²) in [5.41, 5.74) is 4.13. The summed E-state index contributed by atoms with van der Waals surface area (Å²) in [6, 6.07) is 33.0. The van der Waals surface area contributed by atoms with E-state index in [0.717, 1.165) is 16.7 Å². The van der Waals surface area contributed by atoms with Crippen molar-refractivity contribution in [3.63, 3.8) is 0 Å². The number of hydrogen-bond donors (Lipinski definition) is 0. The summed E-state index contributed by atoms with van der Waals surface area (Å²) in [7, 11) is 2.08. The second-order valence-electron chi connectivity index (χ2n) is 7.10.